The summed E-state index contributed by atoms with van der Waals surface area (Å²) < 4.78 is 42.2. The van der Waals surface area contributed by atoms with Gasteiger partial charge in [-0.3, -0.25) is 0 Å². The van der Waals surface area contributed by atoms with E-state index < -0.39 is 29.2 Å². The molecular formula is C11H7F3N2O3. The van der Waals surface area contributed by atoms with Gasteiger partial charge in [0.05, 0.1) is 5.56 Å². The molecule has 0 fully saturated rings. The number of nitrogen functional groups attached to an aromatic ring is 1. The molecule has 1 aromatic heterocycles. The van der Waals surface area contributed by atoms with Gasteiger partial charge in [-0.15, -0.1) is 0 Å². The Kier molecular flexibility index (Phi) is 2.93. The molecule has 0 unspecified atom stereocenters. The smallest absolute Gasteiger partial charge is 0.416 e. The Hall–Kier alpha value is -2.51. The van der Waals surface area contributed by atoms with Crippen LogP contribution in [-0.4, -0.2) is 16.2 Å². The molecule has 0 aliphatic rings. The second-order valence-electron chi connectivity index (χ2n) is 3.65. The number of carboxylic acid groups (broad SMARTS) is 1. The number of hydrogen-bond acceptors (Lipinski definition) is 4. The van der Waals surface area contributed by atoms with Crippen molar-refractivity contribution in [2.45, 2.75) is 6.18 Å². The van der Waals surface area contributed by atoms with E-state index in [1.807, 2.05) is 0 Å². The number of aromatic nitrogens is 1. The van der Waals surface area contributed by atoms with E-state index in [9.17, 15) is 18.0 Å². The largest absolute Gasteiger partial charge is 0.477 e. The van der Waals surface area contributed by atoms with Gasteiger partial charge < -0.3 is 15.4 Å². The number of anilines is 1. The fourth-order valence-electron chi connectivity index (χ4n) is 1.55. The number of rotatable bonds is 2. The first kappa shape index (κ1) is 12.9. The summed E-state index contributed by atoms with van der Waals surface area (Å²) in [5.74, 6) is -1.88. The minimum atomic E-state index is -4.53. The summed E-state index contributed by atoms with van der Waals surface area (Å²) >= 11 is 0. The number of carboxylic acids is 1. The fraction of sp³-hybridized carbons (Fsp3) is 0.0909. The number of carbonyl (C=O) groups is 1. The van der Waals surface area contributed by atoms with E-state index in [4.69, 9.17) is 10.8 Å². The van der Waals surface area contributed by atoms with Crippen molar-refractivity contribution in [1.29, 1.82) is 0 Å². The summed E-state index contributed by atoms with van der Waals surface area (Å²) in [6.07, 6.45) is -4.53. The first-order chi connectivity index (χ1) is 8.80. The maximum absolute atomic E-state index is 12.6. The average Bonchev–Trinajstić information content (AvgIpc) is 2.70. The number of nitrogens with two attached hydrogens (primary N) is 1. The van der Waals surface area contributed by atoms with Crippen molar-refractivity contribution in [3.8, 4) is 11.3 Å². The number of alkyl halides is 3. The van der Waals surface area contributed by atoms with Crippen molar-refractivity contribution < 1.29 is 27.6 Å². The molecule has 100 valence electrons. The fourth-order valence-corrected chi connectivity index (χ4v) is 1.55. The normalized spacial score (nSPS) is 11.5. The second-order valence-corrected chi connectivity index (χ2v) is 3.65. The second kappa shape index (κ2) is 4.30. The van der Waals surface area contributed by atoms with Crippen LogP contribution in [0, 0.1) is 0 Å². The summed E-state index contributed by atoms with van der Waals surface area (Å²) in [5, 5.41) is 12.3. The van der Waals surface area contributed by atoms with Crippen LogP contribution in [0.2, 0.25) is 0 Å². The Morgan fingerprint density at radius 1 is 1.37 bits per heavy atom. The van der Waals surface area contributed by atoms with Gasteiger partial charge in [0.15, 0.2) is 5.56 Å². The molecule has 1 heterocycles. The Labute approximate surface area is 104 Å². The third kappa shape index (κ3) is 2.37. The lowest BCUT2D eigenvalue weighted by Gasteiger charge is -2.07. The van der Waals surface area contributed by atoms with Crippen LogP contribution in [0.15, 0.2) is 28.8 Å². The van der Waals surface area contributed by atoms with Gasteiger partial charge in [-0.1, -0.05) is 17.3 Å². The highest BCUT2D eigenvalue weighted by Gasteiger charge is 2.31. The molecule has 8 heteroatoms. The van der Waals surface area contributed by atoms with E-state index in [0.29, 0.717) is 0 Å². The third-order valence-corrected chi connectivity index (χ3v) is 2.40. The summed E-state index contributed by atoms with van der Waals surface area (Å²) in [6.45, 7) is 0. The third-order valence-electron chi connectivity index (χ3n) is 2.40. The van der Waals surface area contributed by atoms with Crippen LogP contribution in [0.5, 0.6) is 0 Å². The Morgan fingerprint density at radius 3 is 2.63 bits per heavy atom. The predicted octanol–water partition coefficient (Wildman–Crippen LogP) is 2.64. The lowest BCUT2D eigenvalue weighted by Crippen LogP contribution is -2.05. The van der Waals surface area contributed by atoms with Gasteiger partial charge in [-0.05, 0) is 12.1 Å². The molecule has 2 rings (SSSR count). The first-order valence-electron chi connectivity index (χ1n) is 4.97. The molecule has 0 radical (unpaired) electrons. The zero-order valence-corrected chi connectivity index (χ0v) is 9.23. The molecule has 0 aliphatic carbocycles. The molecule has 0 bridgehead atoms. The summed E-state index contributed by atoms with van der Waals surface area (Å²) in [7, 11) is 0. The van der Waals surface area contributed by atoms with Gasteiger partial charge in [-0.25, -0.2) is 4.79 Å². The van der Waals surface area contributed by atoms with E-state index in [1.54, 1.807) is 0 Å². The van der Waals surface area contributed by atoms with Crippen molar-refractivity contribution in [3.05, 3.63) is 35.4 Å². The van der Waals surface area contributed by atoms with E-state index in [-0.39, 0.29) is 11.3 Å². The highest BCUT2D eigenvalue weighted by atomic mass is 19.4. The van der Waals surface area contributed by atoms with Gasteiger partial charge in [0, 0.05) is 5.56 Å². The Bertz CT molecular complexity index is 634. The number of hydrogen-bond donors (Lipinski definition) is 2. The highest BCUT2D eigenvalue weighted by Crippen LogP contribution is 2.33. The SMILES string of the molecule is Nc1onc(-c2cccc(C(F)(F)F)c2)c1C(=O)O. The number of halogens is 3. The highest BCUT2D eigenvalue weighted by molar-refractivity contribution is 5.98. The molecule has 2 aromatic rings. The average molecular weight is 272 g/mol. The molecule has 0 saturated heterocycles. The summed E-state index contributed by atoms with van der Waals surface area (Å²) in [5.41, 5.74) is 3.62. The Morgan fingerprint density at radius 2 is 2.05 bits per heavy atom. The maximum Gasteiger partial charge on any atom is 0.416 e. The van der Waals surface area contributed by atoms with Crippen LogP contribution in [0.1, 0.15) is 15.9 Å². The topological polar surface area (TPSA) is 89.4 Å². The van der Waals surface area contributed by atoms with E-state index in [2.05, 4.69) is 9.68 Å². The van der Waals surface area contributed by atoms with E-state index in [1.165, 1.54) is 6.07 Å². The van der Waals surface area contributed by atoms with Crippen LogP contribution in [0.3, 0.4) is 0 Å². The number of benzene rings is 1. The van der Waals surface area contributed by atoms with E-state index >= 15 is 0 Å². The zero-order chi connectivity index (χ0) is 14.2. The van der Waals surface area contributed by atoms with Gasteiger partial charge in [0.25, 0.3) is 0 Å². The molecule has 5 nitrogen and oxygen atoms in total. The first-order valence-corrected chi connectivity index (χ1v) is 4.97. The van der Waals surface area contributed by atoms with Crippen LogP contribution in [-0.2, 0) is 6.18 Å². The van der Waals surface area contributed by atoms with Gasteiger partial charge in [0.1, 0.15) is 5.69 Å². The lowest BCUT2D eigenvalue weighted by molar-refractivity contribution is -0.137. The standard InChI is InChI=1S/C11H7F3N2O3/c12-11(13,14)6-3-1-2-5(4-6)8-7(10(17)18)9(15)19-16-8/h1-4H,15H2,(H,17,18). The minimum absolute atomic E-state index is 0.0346. The molecule has 0 saturated carbocycles. The van der Waals surface area contributed by atoms with Gasteiger partial charge in [0.2, 0.25) is 5.88 Å². The number of nitrogens with zero attached hydrogens (tertiary/aromatic N) is 1. The molecule has 0 spiro atoms. The molecular weight excluding hydrogens is 265 g/mol. The molecule has 1 aromatic carbocycles. The van der Waals surface area contributed by atoms with Crippen LogP contribution in [0.4, 0.5) is 19.1 Å². The van der Waals surface area contributed by atoms with Crippen LogP contribution in [0.25, 0.3) is 11.3 Å². The monoisotopic (exact) mass is 272 g/mol. The lowest BCUT2D eigenvalue weighted by atomic mass is 10.0. The summed E-state index contributed by atoms with van der Waals surface area (Å²) in [6, 6.07) is 4.09. The van der Waals surface area contributed by atoms with Gasteiger partial charge in [-0.2, -0.15) is 13.2 Å². The molecule has 19 heavy (non-hydrogen) atoms. The maximum atomic E-state index is 12.6. The van der Waals surface area contributed by atoms with Crippen molar-refractivity contribution in [3.63, 3.8) is 0 Å². The molecule has 0 atom stereocenters. The number of aromatic carboxylic acids is 1. The molecule has 0 amide bonds. The quantitative estimate of drug-likeness (QED) is 0.877. The van der Waals surface area contributed by atoms with Crippen molar-refractivity contribution in [2.75, 3.05) is 5.73 Å². The molecule has 3 N–H and O–H groups in total. The van der Waals surface area contributed by atoms with Crippen molar-refractivity contribution in [2.24, 2.45) is 0 Å². The Balaban J connectivity index is 2.57. The summed E-state index contributed by atoms with van der Waals surface area (Å²) in [4.78, 5) is 11.0. The minimum Gasteiger partial charge on any atom is -0.477 e. The van der Waals surface area contributed by atoms with Crippen molar-refractivity contribution >= 4 is 11.9 Å². The van der Waals surface area contributed by atoms with E-state index in [0.717, 1.165) is 18.2 Å². The van der Waals surface area contributed by atoms with Crippen LogP contribution < -0.4 is 5.73 Å². The van der Waals surface area contributed by atoms with Crippen LogP contribution >= 0.6 is 0 Å². The van der Waals surface area contributed by atoms with Gasteiger partial charge >= 0.3 is 12.1 Å². The predicted molar refractivity (Wildman–Crippen MR) is 58.3 cm³/mol. The molecule has 0 aliphatic heterocycles. The van der Waals surface area contributed by atoms with Crippen molar-refractivity contribution in [1.82, 2.24) is 5.16 Å². The zero-order valence-electron chi connectivity index (χ0n) is 9.23.